The highest BCUT2D eigenvalue weighted by molar-refractivity contribution is 4.77. The molecule has 1 aliphatic rings. The molecule has 1 fully saturated rings. The molecule has 0 heterocycles. The summed E-state index contributed by atoms with van der Waals surface area (Å²) in [7, 11) is 0. The lowest BCUT2D eigenvalue weighted by Gasteiger charge is -2.29. The van der Waals surface area contributed by atoms with Gasteiger partial charge < -0.3 is 10.4 Å². The molecule has 3 atom stereocenters. The third-order valence-electron chi connectivity index (χ3n) is 3.67. The first kappa shape index (κ1) is 13.0. The van der Waals surface area contributed by atoms with Gasteiger partial charge in [0.15, 0.2) is 0 Å². The largest absolute Gasteiger partial charge is 0.393 e. The van der Waals surface area contributed by atoms with Crippen molar-refractivity contribution < 1.29 is 5.11 Å². The van der Waals surface area contributed by atoms with E-state index < -0.39 is 0 Å². The van der Waals surface area contributed by atoms with Crippen molar-refractivity contribution >= 4 is 0 Å². The Morgan fingerprint density at radius 1 is 1.27 bits per heavy atom. The molecule has 1 rings (SSSR count). The number of hydrogen-bond donors (Lipinski definition) is 2. The van der Waals surface area contributed by atoms with E-state index in [-0.39, 0.29) is 6.10 Å². The van der Waals surface area contributed by atoms with E-state index in [4.69, 9.17) is 0 Å². The smallest absolute Gasteiger partial charge is 0.0580 e. The first-order chi connectivity index (χ1) is 7.27. The lowest BCUT2D eigenvalue weighted by molar-refractivity contribution is 0.0678. The van der Waals surface area contributed by atoms with Crippen molar-refractivity contribution in [1.29, 1.82) is 0 Å². The Bertz CT molecular complexity index is 161. The van der Waals surface area contributed by atoms with Gasteiger partial charge in [0, 0.05) is 12.6 Å². The summed E-state index contributed by atoms with van der Waals surface area (Å²) in [4.78, 5) is 0. The van der Waals surface area contributed by atoms with Crippen LogP contribution >= 0.6 is 0 Å². The minimum Gasteiger partial charge on any atom is -0.393 e. The van der Waals surface area contributed by atoms with Gasteiger partial charge in [-0.1, -0.05) is 33.1 Å². The SMILES string of the molecule is CCCC(CC)NCC1CCCCC1O. The van der Waals surface area contributed by atoms with Gasteiger partial charge in [0.1, 0.15) is 0 Å². The predicted octanol–water partition coefficient (Wildman–Crippen LogP) is 2.71. The summed E-state index contributed by atoms with van der Waals surface area (Å²) in [5, 5.41) is 13.5. The Balaban J connectivity index is 2.21. The van der Waals surface area contributed by atoms with Crippen LogP contribution in [0.3, 0.4) is 0 Å². The van der Waals surface area contributed by atoms with Crippen molar-refractivity contribution in [2.24, 2.45) is 5.92 Å². The molecule has 0 aromatic heterocycles. The molecule has 2 N–H and O–H groups in total. The van der Waals surface area contributed by atoms with Crippen LogP contribution in [-0.2, 0) is 0 Å². The summed E-state index contributed by atoms with van der Waals surface area (Å²) in [6.07, 6.45) is 8.39. The molecule has 1 aliphatic carbocycles. The van der Waals surface area contributed by atoms with Crippen molar-refractivity contribution in [1.82, 2.24) is 5.32 Å². The maximum Gasteiger partial charge on any atom is 0.0580 e. The van der Waals surface area contributed by atoms with Crippen molar-refractivity contribution in [2.45, 2.75) is 70.9 Å². The van der Waals surface area contributed by atoms with Gasteiger partial charge in [-0.05, 0) is 31.6 Å². The third kappa shape index (κ3) is 4.52. The molecule has 0 saturated heterocycles. The Kier molecular flexibility index (Phi) is 6.26. The second kappa shape index (κ2) is 7.24. The van der Waals surface area contributed by atoms with Gasteiger partial charge in [-0.15, -0.1) is 0 Å². The maximum absolute atomic E-state index is 9.84. The van der Waals surface area contributed by atoms with E-state index in [1.807, 2.05) is 0 Å². The Hall–Kier alpha value is -0.0800. The van der Waals surface area contributed by atoms with E-state index >= 15 is 0 Å². The Morgan fingerprint density at radius 3 is 2.60 bits per heavy atom. The molecule has 0 bridgehead atoms. The Labute approximate surface area is 94.5 Å². The molecular formula is C13H27NO. The topological polar surface area (TPSA) is 32.3 Å². The van der Waals surface area contributed by atoms with Gasteiger partial charge in [-0.2, -0.15) is 0 Å². The first-order valence-corrected chi connectivity index (χ1v) is 6.69. The molecule has 0 amide bonds. The van der Waals surface area contributed by atoms with Crippen LogP contribution in [0.25, 0.3) is 0 Å². The van der Waals surface area contributed by atoms with Gasteiger partial charge >= 0.3 is 0 Å². The van der Waals surface area contributed by atoms with E-state index in [9.17, 15) is 5.11 Å². The summed E-state index contributed by atoms with van der Waals surface area (Å²) in [5.41, 5.74) is 0. The zero-order valence-electron chi connectivity index (χ0n) is 10.3. The van der Waals surface area contributed by atoms with E-state index in [2.05, 4.69) is 19.2 Å². The van der Waals surface area contributed by atoms with Crippen LogP contribution in [0.4, 0.5) is 0 Å². The number of aliphatic hydroxyl groups excluding tert-OH is 1. The van der Waals surface area contributed by atoms with E-state index in [1.165, 1.54) is 38.5 Å². The van der Waals surface area contributed by atoms with Crippen LogP contribution in [0.2, 0.25) is 0 Å². The molecule has 0 aromatic rings. The van der Waals surface area contributed by atoms with Crippen LogP contribution in [0.15, 0.2) is 0 Å². The fourth-order valence-corrected chi connectivity index (χ4v) is 2.54. The van der Waals surface area contributed by atoms with Gasteiger partial charge in [-0.25, -0.2) is 0 Å². The molecular weight excluding hydrogens is 186 g/mol. The fraction of sp³-hybridized carbons (Fsp3) is 1.00. The van der Waals surface area contributed by atoms with E-state index in [0.29, 0.717) is 12.0 Å². The van der Waals surface area contributed by atoms with E-state index in [1.54, 1.807) is 0 Å². The molecule has 90 valence electrons. The monoisotopic (exact) mass is 213 g/mol. The first-order valence-electron chi connectivity index (χ1n) is 6.69. The summed E-state index contributed by atoms with van der Waals surface area (Å²) in [6, 6.07) is 0.657. The highest BCUT2D eigenvalue weighted by Crippen LogP contribution is 2.23. The third-order valence-corrected chi connectivity index (χ3v) is 3.67. The van der Waals surface area contributed by atoms with Crippen LogP contribution in [0.1, 0.15) is 58.8 Å². The predicted molar refractivity (Wildman–Crippen MR) is 65.0 cm³/mol. The van der Waals surface area contributed by atoms with Gasteiger partial charge in [0.05, 0.1) is 6.10 Å². The highest BCUT2D eigenvalue weighted by atomic mass is 16.3. The maximum atomic E-state index is 9.84. The number of nitrogens with one attached hydrogen (secondary N) is 1. The zero-order chi connectivity index (χ0) is 11.1. The number of hydrogen-bond acceptors (Lipinski definition) is 2. The lowest BCUT2D eigenvalue weighted by Crippen LogP contribution is -2.38. The molecule has 0 spiro atoms. The quantitative estimate of drug-likeness (QED) is 0.711. The fourth-order valence-electron chi connectivity index (χ4n) is 2.54. The molecule has 0 aliphatic heterocycles. The molecule has 0 aromatic carbocycles. The van der Waals surface area contributed by atoms with Crippen molar-refractivity contribution in [3.8, 4) is 0 Å². The van der Waals surface area contributed by atoms with Crippen LogP contribution in [0, 0.1) is 5.92 Å². The summed E-state index contributed by atoms with van der Waals surface area (Å²) < 4.78 is 0. The van der Waals surface area contributed by atoms with Crippen LogP contribution in [0.5, 0.6) is 0 Å². The average molecular weight is 213 g/mol. The standard InChI is InChI=1S/C13H27NO/c1-3-7-12(4-2)14-10-11-8-5-6-9-13(11)15/h11-15H,3-10H2,1-2H3. The summed E-state index contributed by atoms with van der Waals surface area (Å²) in [6.45, 7) is 5.49. The number of aliphatic hydroxyl groups is 1. The molecule has 3 unspecified atom stereocenters. The van der Waals surface area contributed by atoms with Crippen LogP contribution < -0.4 is 5.32 Å². The van der Waals surface area contributed by atoms with Gasteiger partial charge in [-0.3, -0.25) is 0 Å². The number of rotatable bonds is 6. The average Bonchev–Trinajstić information content (AvgIpc) is 2.26. The molecule has 1 saturated carbocycles. The summed E-state index contributed by atoms with van der Waals surface area (Å²) >= 11 is 0. The molecule has 0 radical (unpaired) electrons. The second-order valence-electron chi connectivity index (χ2n) is 4.91. The van der Waals surface area contributed by atoms with Gasteiger partial charge in [0.2, 0.25) is 0 Å². The zero-order valence-corrected chi connectivity index (χ0v) is 10.3. The van der Waals surface area contributed by atoms with Crippen molar-refractivity contribution in [3.63, 3.8) is 0 Å². The van der Waals surface area contributed by atoms with Crippen molar-refractivity contribution in [2.75, 3.05) is 6.54 Å². The lowest BCUT2D eigenvalue weighted by atomic mass is 9.86. The minimum absolute atomic E-state index is 0.0506. The highest BCUT2D eigenvalue weighted by Gasteiger charge is 2.23. The molecule has 15 heavy (non-hydrogen) atoms. The molecule has 2 heteroatoms. The molecule has 2 nitrogen and oxygen atoms in total. The minimum atomic E-state index is -0.0506. The van der Waals surface area contributed by atoms with Crippen molar-refractivity contribution in [3.05, 3.63) is 0 Å². The van der Waals surface area contributed by atoms with Gasteiger partial charge in [0.25, 0.3) is 0 Å². The normalized spacial score (nSPS) is 29.0. The van der Waals surface area contributed by atoms with Crippen LogP contribution in [-0.4, -0.2) is 23.8 Å². The second-order valence-corrected chi connectivity index (χ2v) is 4.91. The summed E-state index contributed by atoms with van der Waals surface area (Å²) in [5.74, 6) is 0.504. The Morgan fingerprint density at radius 2 is 2.00 bits per heavy atom. The van der Waals surface area contributed by atoms with E-state index in [0.717, 1.165) is 13.0 Å².